The standard InChI is InChI=1S/C21H24N6O/c1-16-15-17(2)24-21(23-16)26-11-6-10-25(13-14-26)20(28)18-7-3-4-8-19(18)27-12-5-9-22-27/h3-5,7-9,12,15H,6,10-11,13-14H2,1-2H3. The average molecular weight is 376 g/mol. The van der Waals surface area contributed by atoms with Crippen molar-refractivity contribution in [1.29, 1.82) is 0 Å². The zero-order valence-electron chi connectivity index (χ0n) is 16.2. The first kappa shape index (κ1) is 18.2. The van der Waals surface area contributed by atoms with Gasteiger partial charge in [0, 0.05) is 50.0 Å². The number of aromatic nitrogens is 4. The molecule has 1 aliphatic heterocycles. The summed E-state index contributed by atoms with van der Waals surface area (Å²) in [7, 11) is 0. The Morgan fingerprint density at radius 2 is 1.75 bits per heavy atom. The van der Waals surface area contributed by atoms with Crippen LogP contribution in [0.15, 0.2) is 48.8 Å². The van der Waals surface area contributed by atoms with E-state index in [9.17, 15) is 4.79 Å². The van der Waals surface area contributed by atoms with Crippen LogP contribution in [0, 0.1) is 13.8 Å². The minimum atomic E-state index is 0.0364. The third-order valence-electron chi connectivity index (χ3n) is 4.92. The van der Waals surface area contributed by atoms with Crippen LogP contribution in [-0.2, 0) is 0 Å². The van der Waals surface area contributed by atoms with E-state index < -0.39 is 0 Å². The molecule has 0 saturated carbocycles. The number of para-hydroxylation sites is 1. The number of hydrogen-bond acceptors (Lipinski definition) is 5. The van der Waals surface area contributed by atoms with Crippen molar-refractivity contribution in [1.82, 2.24) is 24.6 Å². The lowest BCUT2D eigenvalue weighted by Crippen LogP contribution is -2.36. The first-order chi connectivity index (χ1) is 13.6. The first-order valence-corrected chi connectivity index (χ1v) is 9.57. The number of benzene rings is 1. The molecule has 7 nitrogen and oxygen atoms in total. The molecule has 144 valence electrons. The van der Waals surface area contributed by atoms with Gasteiger partial charge >= 0.3 is 0 Å². The summed E-state index contributed by atoms with van der Waals surface area (Å²) in [5.41, 5.74) is 3.40. The van der Waals surface area contributed by atoms with Gasteiger partial charge < -0.3 is 9.80 Å². The summed E-state index contributed by atoms with van der Waals surface area (Å²) in [6.07, 6.45) is 4.45. The number of hydrogen-bond donors (Lipinski definition) is 0. The SMILES string of the molecule is Cc1cc(C)nc(N2CCCN(C(=O)c3ccccc3-n3cccn3)CC2)n1. The van der Waals surface area contributed by atoms with Crippen LogP contribution in [0.3, 0.4) is 0 Å². The third kappa shape index (κ3) is 3.74. The van der Waals surface area contributed by atoms with Gasteiger partial charge in [0.15, 0.2) is 0 Å². The summed E-state index contributed by atoms with van der Waals surface area (Å²) in [5, 5.41) is 4.28. The van der Waals surface area contributed by atoms with Gasteiger partial charge in [0.2, 0.25) is 5.95 Å². The lowest BCUT2D eigenvalue weighted by atomic mass is 10.1. The van der Waals surface area contributed by atoms with E-state index in [1.165, 1.54) is 0 Å². The van der Waals surface area contributed by atoms with Crippen LogP contribution in [0.5, 0.6) is 0 Å². The highest BCUT2D eigenvalue weighted by Gasteiger charge is 2.23. The molecule has 1 fully saturated rings. The van der Waals surface area contributed by atoms with E-state index in [1.54, 1.807) is 10.9 Å². The number of nitrogens with zero attached hydrogens (tertiary/aromatic N) is 6. The minimum absolute atomic E-state index is 0.0364. The Morgan fingerprint density at radius 3 is 2.50 bits per heavy atom. The molecule has 0 radical (unpaired) electrons. The van der Waals surface area contributed by atoms with Crippen molar-refractivity contribution in [3.05, 3.63) is 65.7 Å². The lowest BCUT2D eigenvalue weighted by Gasteiger charge is -2.23. The Balaban J connectivity index is 1.53. The lowest BCUT2D eigenvalue weighted by molar-refractivity contribution is 0.0767. The number of rotatable bonds is 3. The van der Waals surface area contributed by atoms with E-state index in [2.05, 4.69) is 20.0 Å². The molecular weight excluding hydrogens is 352 g/mol. The van der Waals surface area contributed by atoms with Crippen molar-refractivity contribution in [2.45, 2.75) is 20.3 Å². The summed E-state index contributed by atoms with van der Waals surface area (Å²) < 4.78 is 1.74. The number of carbonyl (C=O) groups is 1. The van der Waals surface area contributed by atoms with E-state index in [4.69, 9.17) is 0 Å². The molecule has 0 N–H and O–H groups in total. The van der Waals surface area contributed by atoms with Gasteiger partial charge in [-0.3, -0.25) is 4.79 Å². The van der Waals surface area contributed by atoms with E-state index in [1.807, 2.05) is 61.3 Å². The topological polar surface area (TPSA) is 67.2 Å². The van der Waals surface area contributed by atoms with Gasteiger partial charge in [0.05, 0.1) is 11.3 Å². The predicted octanol–water partition coefficient (Wildman–Crippen LogP) is 2.63. The normalized spacial score (nSPS) is 14.8. The molecule has 3 aromatic rings. The molecular formula is C21H24N6O. The van der Waals surface area contributed by atoms with Crippen LogP contribution in [0.1, 0.15) is 28.2 Å². The molecule has 1 saturated heterocycles. The third-order valence-corrected chi connectivity index (χ3v) is 4.92. The molecule has 2 aromatic heterocycles. The second-order valence-electron chi connectivity index (χ2n) is 7.05. The molecule has 0 spiro atoms. The van der Waals surface area contributed by atoms with E-state index in [0.717, 1.165) is 42.5 Å². The van der Waals surface area contributed by atoms with Gasteiger partial charge in [0.1, 0.15) is 0 Å². The highest BCUT2D eigenvalue weighted by Crippen LogP contribution is 2.18. The highest BCUT2D eigenvalue weighted by atomic mass is 16.2. The van der Waals surface area contributed by atoms with E-state index in [0.29, 0.717) is 18.7 Å². The van der Waals surface area contributed by atoms with Crippen LogP contribution < -0.4 is 4.90 Å². The zero-order chi connectivity index (χ0) is 19.5. The van der Waals surface area contributed by atoms with Crippen molar-refractivity contribution in [2.24, 2.45) is 0 Å². The molecule has 4 rings (SSSR count). The van der Waals surface area contributed by atoms with Gasteiger partial charge in [-0.15, -0.1) is 0 Å². The maximum Gasteiger partial charge on any atom is 0.256 e. The summed E-state index contributed by atoms with van der Waals surface area (Å²) in [4.78, 5) is 26.5. The largest absolute Gasteiger partial charge is 0.339 e. The minimum Gasteiger partial charge on any atom is -0.339 e. The second-order valence-corrected chi connectivity index (χ2v) is 7.05. The molecule has 1 aliphatic rings. The van der Waals surface area contributed by atoms with Gasteiger partial charge in [-0.2, -0.15) is 5.10 Å². The van der Waals surface area contributed by atoms with Gasteiger partial charge in [-0.05, 0) is 44.5 Å². The molecule has 7 heteroatoms. The monoisotopic (exact) mass is 376 g/mol. The molecule has 3 heterocycles. The summed E-state index contributed by atoms with van der Waals surface area (Å²) in [6, 6.07) is 11.4. The number of anilines is 1. The van der Waals surface area contributed by atoms with E-state index >= 15 is 0 Å². The van der Waals surface area contributed by atoms with Crippen LogP contribution in [0.2, 0.25) is 0 Å². The maximum atomic E-state index is 13.3. The fourth-order valence-corrected chi connectivity index (χ4v) is 3.61. The number of aryl methyl sites for hydroxylation is 2. The Hall–Kier alpha value is -3.22. The molecule has 1 amide bonds. The quantitative estimate of drug-likeness (QED) is 0.703. The fourth-order valence-electron chi connectivity index (χ4n) is 3.61. The van der Waals surface area contributed by atoms with Crippen LogP contribution in [0.4, 0.5) is 5.95 Å². The summed E-state index contributed by atoms with van der Waals surface area (Å²) in [5.74, 6) is 0.790. The van der Waals surface area contributed by atoms with Crippen LogP contribution in [-0.4, -0.2) is 56.7 Å². The summed E-state index contributed by atoms with van der Waals surface area (Å²) >= 11 is 0. The summed E-state index contributed by atoms with van der Waals surface area (Å²) in [6.45, 7) is 6.89. The van der Waals surface area contributed by atoms with Crippen molar-refractivity contribution in [2.75, 3.05) is 31.1 Å². The zero-order valence-corrected chi connectivity index (χ0v) is 16.2. The predicted molar refractivity (Wildman–Crippen MR) is 108 cm³/mol. The van der Waals surface area contributed by atoms with Crippen LogP contribution in [0.25, 0.3) is 5.69 Å². The smallest absolute Gasteiger partial charge is 0.256 e. The number of carbonyl (C=O) groups excluding carboxylic acids is 1. The molecule has 0 aliphatic carbocycles. The maximum absolute atomic E-state index is 13.3. The number of amides is 1. The molecule has 0 unspecified atom stereocenters. The fraction of sp³-hybridized carbons (Fsp3) is 0.333. The molecule has 0 bridgehead atoms. The highest BCUT2D eigenvalue weighted by molar-refractivity contribution is 5.97. The van der Waals surface area contributed by atoms with Crippen molar-refractivity contribution in [3.63, 3.8) is 0 Å². The van der Waals surface area contributed by atoms with Gasteiger partial charge in [0.25, 0.3) is 5.91 Å². The average Bonchev–Trinajstić information content (AvgIpc) is 3.11. The molecule has 0 atom stereocenters. The first-order valence-electron chi connectivity index (χ1n) is 9.57. The Bertz CT molecular complexity index is 949. The van der Waals surface area contributed by atoms with Gasteiger partial charge in [-0.25, -0.2) is 14.6 Å². The second kappa shape index (κ2) is 7.80. The Kier molecular flexibility index (Phi) is 5.06. The van der Waals surface area contributed by atoms with Gasteiger partial charge in [-0.1, -0.05) is 12.1 Å². The van der Waals surface area contributed by atoms with Crippen LogP contribution >= 0.6 is 0 Å². The Morgan fingerprint density at radius 1 is 0.964 bits per heavy atom. The molecule has 1 aromatic carbocycles. The van der Waals surface area contributed by atoms with E-state index in [-0.39, 0.29) is 5.91 Å². The Labute approximate surface area is 164 Å². The van der Waals surface area contributed by atoms with Crippen molar-refractivity contribution >= 4 is 11.9 Å². The van der Waals surface area contributed by atoms with Crippen molar-refractivity contribution < 1.29 is 4.79 Å². The van der Waals surface area contributed by atoms with Crippen molar-refractivity contribution in [3.8, 4) is 5.69 Å². The molecule has 28 heavy (non-hydrogen) atoms.